The minimum atomic E-state index is -0.394. The van der Waals surface area contributed by atoms with Crippen LogP contribution in [-0.4, -0.2) is 19.9 Å². The molecule has 0 bridgehead atoms. The van der Waals surface area contributed by atoms with E-state index in [9.17, 15) is 4.79 Å². The van der Waals surface area contributed by atoms with Crippen LogP contribution in [0.25, 0.3) is 17.2 Å². The zero-order valence-corrected chi connectivity index (χ0v) is 11.6. The summed E-state index contributed by atoms with van der Waals surface area (Å²) in [6.07, 6.45) is 1.36. The molecule has 7 nitrogen and oxygen atoms in total. The topological polar surface area (TPSA) is 107 Å². The Labute approximate surface area is 125 Å². The van der Waals surface area contributed by atoms with Crippen LogP contribution >= 0.6 is 0 Å². The molecule has 3 aromatic rings. The minimum Gasteiger partial charge on any atom is -0.471 e. The van der Waals surface area contributed by atoms with Crippen molar-refractivity contribution in [1.29, 1.82) is 0 Å². The largest absolute Gasteiger partial charge is 0.471 e. The van der Waals surface area contributed by atoms with E-state index in [0.29, 0.717) is 12.1 Å². The van der Waals surface area contributed by atoms with E-state index in [1.165, 1.54) is 6.08 Å². The van der Waals surface area contributed by atoms with Crippen molar-refractivity contribution >= 4 is 23.2 Å². The van der Waals surface area contributed by atoms with Gasteiger partial charge in [-0.25, -0.2) is 4.98 Å². The van der Waals surface area contributed by atoms with Crippen LogP contribution in [0.15, 0.2) is 41.7 Å². The SMILES string of the molecule is C=Cc1nc2c(OCc3ccccc3)nc(N)nc2[nH]c1=O. The van der Waals surface area contributed by atoms with Crippen LogP contribution in [-0.2, 0) is 6.61 Å². The zero-order chi connectivity index (χ0) is 15.5. The Bertz CT molecular complexity index is 890. The van der Waals surface area contributed by atoms with Crippen molar-refractivity contribution in [2.45, 2.75) is 6.61 Å². The van der Waals surface area contributed by atoms with Crippen molar-refractivity contribution < 1.29 is 4.74 Å². The summed E-state index contributed by atoms with van der Waals surface area (Å²) in [5.74, 6) is 0.213. The van der Waals surface area contributed by atoms with Gasteiger partial charge < -0.3 is 15.5 Å². The highest BCUT2D eigenvalue weighted by Crippen LogP contribution is 2.20. The highest BCUT2D eigenvalue weighted by molar-refractivity contribution is 5.77. The van der Waals surface area contributed by atoms with Crippen molar-refractivity contribution in [3.8, 4) is 5.88 Å². The van der Waals surface area contributed by atoms with Crippen LogP contribution < -0.4 is 16.0 Å². The van der Waals surface area contributed by atoms with Gasteiger partial charge in [-0.3, -0.25) is 4.79 Å². The summed E-state index contributed by atoms with van der Waals surface area (Å²) in [6.45, 7) is 3.85. The number of rotatable bonds is 4. The van der Waals surface area contributed by atoms with E-state index in [1.807, 2.05) is 30.3 Å². The first-order valence-electron chi connectivity index (χ1n) is 6.54. The standard InChI is InChI=1S/C15H13N5O2/c1-2-10-13(21)18-12-11(17-10)14(20-15(16)19-12)22-8-9-6-4-3-5-7-9/h2-7H,1,8H2,(H3,16,18,19,20,21). The van der Waals surface area contributed by atoms with Crippen LogP contribution in [0.1, 0.15) is 11.3 Å². The molecule has 2 aromatic heterocycles. The maximum Gasteiger partial charge on any atom is 0.275 e. The normalized spacial score (nSPS) is 10.5. The van der Waals surface area contributed by atoms with Crippen molar-refractivity contribution in [2.75, 3.05) is 5.73 Å². The van der Waals surface area contributed by atoms with Crippen LogP contribution in [0.5, 0.6) is 5.88 Å². The fourth-order valence-electron chi connectivity index (χ4n) is 1.95. The molecule has 0 aliphatic carbocycles. The lowest BCUT2D eigenvalue weighted by molar-refractivity contribution is 0.297. The van der Waals surface area contributed by atoms with Gasteiger partial charge >= 0.3 is 0 Å². The van der Waals surface area contributed by atoms with Gasteiger partial charge in [0.1, 0.15) is 12.3 Å². The summed E-state index contributed by atoms with van der Waals surface area (Å²) in [7, 11) is 0. The fraction of sp³-hybridized carbons (Fsp3) is 0.0667. The summed E-state index contributed by atoms with van der Waals surface area (Å²) in [6, 6.07) is 9.60. The zero-order valence-electron chi connectivity index (χ0n) is 11.6. The molecule has 0 saturated heterocycles. The molecule has 0 fully saturated rings. The van der Waals surface area contributed by atoms with Crippen LogP contribution in [0.3, 0.4) is 0 Å². The molecule has 0 spiro atoms. The molecule has 0 saturated carbocycles. The Hall–Kier alpha value is -3.22. The molecule has 0 aliphatic rings. The van der Waals surface area contributed by atoms with Crippen LogP contribution in [0, 0.1) is 0 Å². The second kappa shape index (κ2) is 5.65. The van der Waals surface area contributed by atoms with Gasteiger partial charge in [0.05, 0.1) is 0 Å². The molecule has 0 atom stereocenters. The van der Waals surface area contributed by atoms with Gasteiger partial charge in [-0.1, -0.05) is 36.9 Å². The number of anilines is 1. The lowest BCUT2D eigenvalue weighted by Gasteiger charge is -2.08. The number of fused-ring (bicyclic) bond motifs is 1. The maximum atomic E-state index is 11.7. The quantitative estimate of drug-likeness (QED) is 0.755. The molecule has 0 aliphatic heterocycles. The average molecular weight is 295 g/mol. The van der Waals surface area contributed by atoms with Crippen molar-refractivity contribution in [2.24, 2.45) is 0 Å². The Morgan fingerprint density at radius 1 is 1.23 bits per heavy atom. The minimum absolute atomic E-state index is 0.000588. The summed E-state index contributed by atoms with van der Waals surface area (Å²) in [5, 5.41) is 0. The molecule has 7 heteroatoms. The van der Waals surface area contributed by atoms with Gasteiger partial charge in [-0.2, -0.15) is 9.97 Å². The Balaban J connectivity index is 2.04. The van der Waals surface area contributed by atoms with E-state index < -0.39 is 5.56 Å². The number of hydrogen-bond donors (Lipinski definition) is 2. The van der Waals surface area contributed by atoms with Gasteiger partial charge in [-0.15, -0.1) is 0 Å². The molecule has 22 heavy (non-hydrogen) atoms. The van der Waals surface area contributed by atoms with Crippen molar-refractivity contribution in [1.82, 2.24) is 19.9 Å². The second-order valence-corrected chi connectivity index (χ2v) is 4.51. The molecule has 1 aromatic carbocycles. The Morgan fingerprint density at radius 3 is 2.73 bits per heavy atom. The summed E-state index contributed by atoms with van der Waals surface area (Å²) in [4.78, 5) is 26.5. The van der Waals surface area contributed by atoms with Crippen LogP contribution in [0.2, 0.25) is 0 Å². The van der Waals surface area contributed by atoms with E-state index >= 15 is 0 Å². The molecule has 3 rings (SSSR count). The van der Waals surface area contributed by atoms with E-state index in [0.717, 1.165) is 5.56 Å². The fourth-order valence-corrected chi connectivity index (χ4v) is 1.95. The third-order valence-corrected chi connectivity index (χ3v) is 2.98. The van der Waals surface area contributed by atoms with Crippen molar-refractivity contribution in [3.63, 3.8) is 0 Å². The molecular formula is C15H13N5O2. The van der Waals surface area contributed by atoms with Gasteiger partial charge in [0.2, 0.25) is 11.8 Å². The molecule has 2 heterocycles. The van der Waals surface area contributed by atoms with Gasteiger partial charge in [0, 0.05) is 0 Å². The van der Waals surface area contributed by atoms with Crippen LogP contribution in [0.4, 0.5) is 5.95 Å². The number of nitrogens with one attached hydrogen (secondary N) is 1. The number of aromatic amines is 1. The molecule has 3 N–H and O–H groups in total. The van der Waals surface area contributed by atoms with Gasteiger partial charge in [0.15, 0.2) is 11.2 Å². The monoisotopic (exact) mass is 295 g/mol. The van der Waals surface area contributed by atoms with Crippen molar-refractivity contribution in [3.05, 3.63) is 58.5 Å². The third-order valence-electron chi connectivity index (χ3n) is 2.98. The Kier molecular flexibility index (Phi) is 3.53. The predicted octanol–water partition coefficient (Wildman–Crippen LogP) is 1.52. The highest BCUT2D eigenvalue weighted by Gasteiger charge is 2.12. The number of ether oxygens (including phenoxy) is 1. The Morgan fingerprint density at radius 2 is 2.00 bits per heavy atom. The number of H-pyrrole nitrogens is 1. The number of nitrogens with zero attached hydrogens (tertiary/aromatic N) is 3. The average Bonchev–Trinajstić information content (AvgIpc) is 2.53. The molecule has 0 amide bonds. The molecule has 110 valence electrons. The molecular weight excluding hydrogens is 282 g/mol. The van der Waals surface area contributed by atoms with E-state index in [4.69, 9.17) is 10.5 Å². The molecule has 0 unspecified atom stereocenters. The second-order valence-electron chi connectivity index (χ2n) is 4.51. The summed E-state index contributed by atoms with van der Waals surface area (Å²) in [5.41, 5.74) is 6.95. The number of aromatic nitrogens is 4. The lowest BCUT2D eigenvalue weighted by atomic mass is 10.2. The first-order chi connectivity index (χ1) is 10.7. The number of benzene rings is 1. The van der Waals surface area contributed by atoms with E-state index in [2.05, 4.69) is 26.5 Å². The number of hydrogen-bond acceptors (Lipinski definition) is 6. The smallest absolute Gasteiger partial charge is 0.275 e. The van der Waals surface area contributed by atoms with E-state index in [-0.39, 0.29) is 23.2 Å². The summed E-state index contributed by atoms with van der Waals surface area (Å²) >= 11 is 0. The summed E-state index contributed by atoms with van der Waals surface area (Å²) < 4.78 is 5.68. The van der Waals surface area contributed by atoms with Gasteiger partial charge in [0.25, 0.3) is 5.56 Å². The van der Waals surface area contributed by atoms with E-state index in [1.54, 1.807) is 0 Å². The number of nitrogen functional groups attached to an aromatic ring is 1. The highest BCUT2D eigenvalue weighted by atomic mass is 16.5. The lowest BCUT2D eigenvalue weighted by Crippen LogP contribution is -2.14. The predicted molar refractivity (Wildman–Crippen MR) is 83.2 cm³/mol. The third kappa shape index (κ3) is 2.64. The first kappa shape index (κ1) is 13.7. The molecule has 0 radical (unpaired) electrons. The first-order valence-corrected chi connectivity index (χ1v) is 6.54. The number of nitrogens with two attached hydrogens (primary N) is 1. The van der Waals surface area contributed by atoms with Gasteiger partial charge in [-0.05, 0) is 11.6 Å². The maximum absolute atomic E-state index is 11.7.